The van der Waals surface area contributed by atoms with Gasteiger partial charge in [-0.25, -0.2) is 0 Å². The van der Waals surface area contributed by atoms with E-state index in [9.17, 15) is 20.0 Å². The Bertz CT molecular complexity index is 830. The summed E-state index contributed by atoms with van der Waals surface area (Å²) in [5, 5.41) is 21.7. The summed E-state index contributed by atoms with van der Waals surface area (Å²) in [7, 11) is 0. The molecule has 2 aromatic rings. The molecule has 3 rings (SSSR count). The zero-order valence-corrected chi connectivity index (χ0v) is 12.5. The Hall–Kier alpha value is -2.74. The van der Waals surface area contributed by atoms with E-state index < -0.39 is 33.9 Å². The van der Waals surface area contributed by atoms with Gasteiger partial charge in [-0.3, -0.25) is 24.5 Å². The van der Waals surface area contributed by atoms with Crippen molar-refractivity contribution in [3.63, 3.8) is 0 Å². The Labute approximate surface area is 131 Å². The minimum atomic E-state index is -1.08. The summed E-state index contributed by atoms with van der Waals surface area (Å²) in [5.41, 5.74) is -1.80. The van der Waals surface area contributed by atoms with E-state index in [0.29, 0.717) is 11.3 Å². The van der Waals surface area contributed by atoms with Gasteiger partial charge in [0, 0.05) is 30.2 Å². The first-order chi connectivity index (χ1) is 10.8. The zero-order chi connectivity index (χ0) is 16.8. The van der Waals surface area contributed by atoms with Crippen LogP contribution in [0.25, 0.3) is 0 Å². The zero-order valence-electron chi connectivity index (χ0n) is 12.5. The lowest BCUT2D eigenvalue weighted by Gasteiger charge is -2.42. The third kappa shape index (κ3) is 2.36. The Morgan fingerprint density at radius 1 is 1.43 bits per heavy atom. The molecule has 120 valence electrons. The van der Waals surface area contributed by atoms with E-state index in [-0.39, 0.29) is 0 Å². The number of rotatable bonds is 2. The molecule has 0 saturated carbocycles. The standard InChI is InChI=1S/C15H15N3O5/c1-15(2)13(19)12(9-8-16-6-5-11(9)23-15)17-7-3-4-10(14(17)20)18(21)22/h3-8,12-13,19H,1-2H3. The third-order valence-corrected chi connectivity index (χ3v) is 3.96. The number of nitrogens with zero attached hydrogens (tertiary/aromatic N) is 3. The Morgan fingerprint density at radius 2 is 2.17 bits per heavy atom. The van der Waals surface area contributed by atoms with Gasteiger partial charge in [-0.15, -0.1) is 0 Å². The van der Waals surface area contributed by atoms with Gasteiger partial charge in [0.25, 0.3) is 0 Å². The number of fused-ring (bicyclic) bond motifs is 1. The summed E-state index contributed by atoms with van der Waals surface area (Å²) in [6.45, 7) is 3.38. The number of aliphatic hydroxyl groups is 1. The van der Waals surface area contributed by atoms with E-state index in [0.717, 1.165) is 10.6 Å². The molecule has 2 atom stereocenters. The number of nitro groups is 1. The quantitative estimate of drug-likeness (QED) is 0.660. The highest BCUT2D eigenvalue weighted by atomic mass is 16.6. The predicted octanol–water partition coefficient (Wildman–Crippen LogP) is 1.27. The van der Waals surface area contributed by atoms with Gasteiger partial charge in [-0.05, 0) is 26.0 Å². The first-order valence-corrected chi connectivity index (χ1v) is 6.99. The van der Waals surface area contributed by atoms with E-state index in [2.05, 4.69) is 4.98 Å². The Kier molecular flexibility index (Phi) is 3.41. The molecular weight excluding hydrogens is 302 g/mol. The highest BCUT2D eigenvalue weighted by Gasteiger charge is 2.44. The Balaban J connectivity index is 2.25. The van der Waals surface area contributed by atoms with Crippen molar-refractivity contribution >= 4 is 5.69 Å². The topological polar surface area (TPSA) is 107 Å². The van der Waals surface area contributed by atoms with Crippen LogP contribution in [-0.2, 0) is 0 Å². The SMILES string of the molecule is CC1(C)Oc2ccncc2C(n2cccc([N+](=O)[O-])c2=O)C1O. The van der Waals surface area contributed by atoms with Crippen molar-refractivity contribution in [1.82, 2.24) is 9.55 Å². The third-order valence-electron chi connectivity index (χ3n) is 3.96. The molecule has 0 bridgehead atoms. The van der Waals surface area contributed by atoms with Crippen LogP contribution in [0.3, 0.4) is 0 Å². The lowest BCUT2D eigenvalue weighted by Crippen LogP contribution is -2.52. The summed E-state index contributed by atoms with van der Waals surface area (Å²) in [5.74, 6) is 0.485. The summed E-state index contributed by atoms with van der Waals surface area (Å²) in [4.78, 5) is 26.7. The van der Waals surface area contributed by atoms with Crippen LogP contribution in [0.2, 0.25) is 0 Å². The van der Waals surface area contributed by atoms with Crippen LogP contribution in [0.15, 0.2) is 41.6 Å². The second-order valence-electron chi connectivity index (χ2n) is 5.87. The fourth-order valence-electron chi connectivity index (χ4n) is 2.76. The summed E-state index contributed by atoms with van der Waals surface area (Å²) in [6.07, 6.45) is 3.37. The molecule has 0 saturated heterocycles. The normalized spacial score (nSPS) is 22.0. The summed E-state index contributed by atoms with van der Waals surface area (Å²) in [6, 6.07) is 3.36. The van der Waals surface area contributed by atoms with Crippen LogP contribution >= 0.6 is 0 Å². The predicted molar refractivity (Wildman–Crippen MR) is 80.4 cm³/mol. The van der Waals surface area contributed by atoms with E-state index >= 15 is 0 Å². The van der Waals surface area contributed by atoms with Crippen LogP contribution in [0.4, 0.5) is 5.69 Å². The van der Waals surface area contributed by atoms with Crippen molar-refractivity contribution in [2.24, 2.45) is 0 Å². The van der Waals surface area contributed by atoms with Gasteiger partial charge < -0.3 is 9.84 Å². The molecule has 8 nitrogen and oxygen atoms in total. The highest BCUT2D eigenvalue weighted by molar-refractivity contribution is 5.39. The van der Waals surface area contributed by atoms with Crippen molar-refractivity contribution in [2.75, 3.05) is 0 Å². The maximum absolute atomic E-state index is 12.4. The molecule has 0 spiro atoms. The smallest absolute Gasteiger partial charge is 0.334 e. The molecule has 0 aliphatic carbocycles. The fourth-order valence-corrected chi connectivity index (χ4v) is 2.76. The highest BCUT2D eigenvalue weighted by Crippen LogP contribution is 2.40. The minimum absolute atomic E-state index is 0.485. The van der Waals surface area contributed by atoms with Crippen LogP contribution < -0.4 is 10.3 Å². The summed E-state index contributed by atoms with van der Waals surface area (Å²) < 4.78 is 6.92. The van der Waals surface area contributed by atoms with Gasteiger partial charge in [0.15, 0.2) is 0 Å². The molecule has 1 N–H and O–H groups in total. The molecule has 1 aliphatic rings. The second-order valence-corrected chi connectivity index (χ2v) is 5.87. The first-order valence-electron chi connectivity index (χ1n) is 6.99. The molecule has 1 aliphatic heterocycles. The van der Waals surface area contributed by atoms with Crippen LogP contribution in [0.1, 0.15) is 25.5 Å². The van der Waals surface area contributed by atoms with Crippen LogP contribution in [0.5, 0.6) is 5.75 Å². The van der Waals surface area contributed by atoms with E-state index in [1.165, 1.54) is 18.5 Å². The first kappa shape index (κ1) is 15.2. The van der Waals surface area contributed by atoms with Crippen molar-refractivity contribution in [3.05, 3.63) is 62.8 Å². The number of ether oxygens (including phenoxy) is 1. The van der Waals surface area contributed by atoms with Crippen LogP contribution in [0, 0.1) is 10.1 Å². The number of hydrogen-bond acceptors (Lipinski definition) is 6. The molecule has 0 fully saturated rings. The molecule has 0 radical (unpaired) electrons. The lowest BCUT2D eigenvalue weighted by molar-refractivity contribution is -0.386. The van der Waals surface area contributed by atoms with E-state index in [4.69, 9.17) is 4.74 Å². The van der Waals surface area contributed by atoms with Gasteiger partial charge in [0.05, 0.1) is 11.0 Å². The number of hydrogen-bond donors (Lipinski definition) is 1. The molecule has 23 heavy (non-hydrogen) atoms. The molecule has 0 aromatic carbocycles. The number of aromatic nitrogens is 2. The van der Waals surface area contributed by atoms with Gasteiger partial charge in [-0.2, -0.15) is 0 Å². The number of aliphatic hydroxyl groups excluding tert-OH is 1. The van der Waals surface area contributed by atoms with E-state index in [1.54, 1.807) is 26.1 Å². The molecule has 8 heteroatoms. The van der Waals surface area contributed by atoms with Crippen molar-refractivity contribution in [3.8, 4) is 5.75 Å². The second kappa shape index (κ2) is 5.17. The minimum Gasteiger partial charge on any atom is -0.485 e. The maximum Gasteiger partial charge on any atom is 0.334 e. The molecule has 2 aromatic heterocycles. The molecule has 0 amide bonds. The average molecular weight is 317 g/mol. The van der Waals surface area contributed by atoms with Crippen LogP contribution in [-0.4, -0.2) is 31.3 Å². The van der Waals surface area contributed by atoms with Gasteiger partial charge in [0.2, 0.25) is 0 Å². The molecule has 2 unspecified atom stereocenters. The monoisotopic (exact) mass is 317 g/mol. The van der Waals surface area contributed by atoms with Crippen molar-refractivity contribution in [1.29, 1.82) is 0 Å². The summed E-state index contributed by atoms with van der Waals surface area (Å²) >= 11 is 0. The van der Waals surface area contributed by atoms with Gasteiger partial charge in [-0.1, -0.05) is 0 Å². The van der Waals surface area contributed by atoms with Gasteiger partial charge in [0.1, 0.15) is 17.5 Å². The fraction of sp³-hybridized carbons (Fsp3) is 0.333. The largest absolute Gasteiger partial charge is 0.485 e. The van der Waals surface area contributed by atoms with Crippen molar-refractivity contribution < 1.29 is 14.8 Å². The van der Waals surface area contributed by atoms with Crippen molar-refractivity contribution in [2.45, 2.75) is 31.6 Å². The molecule has 3 heterocycles. The van der Waals surface area contributed by atoms with Gasteiger partial charge >= 0.3 is 11.2 Å². The average Bonchev–Trinajstić information content (AvgIpc) is 2.49. The molecular formula is C15H15N3O5. The van der Waals surface area contributed by atoms with E-state index in [1.807, 2.05) is 0 Å². The number of pyridine rings is 2. The maximum atomic E-state index is 12.4. The lowest BCUT2D eigenvalue weighted by atomic mass is 9.87. The Morgan fingerprint density at radius 3 is 2.87 bits per heavy atom.